The molecule has 0 aliphatic heterocycles. The lowest BCUT2D eigenvalue weighted by molar-refractivity contribution is -0.384. The number of non-ortho nitro benzene ring substituents is 1. The van der Waals surface area contributed by atoms with Crippen LogP contribution in [0.3, 0.4) is 0 Å². The molecule has 0 radical (unpaired) electrons. The Labute approximate surface area is 161 Å². The van der Waals surface area contributed by atoms with Gasteiger partial charge in [0.2, 0.25) is 0 Å². The van der Waals surface area contributed by atoms with E-state index in [1.54, 1.807) is 24.3 Å². The number of hydrogen-bond donors (Lipinski definition) is 2. The minimum atomic E-state index is -0.883. The number of rotatable bonds is 9. The molecule has 2 rings (SSSR count). The van der Waals surface area contributed by atoms with Crippen molar-refractivity contribution in [3.05, 3.63) is 64.2 Å². The summed E-state index contributed by atoms with van der Waals surface area (Å²) >= 11 is 0. The van der Waals surface area contributed by atoms with Gasteiger partial charge in [0.05, 0.1) is 22.8 Å². The molecular weight excluding hydrogens is 366 g/mol. The van der Waals surface area contributed by atoms with E-state index in [4.69, 9.17) is 9.47 Å². The summed E-state index contributed by atoms with van der Waals surface area (Å²) in [4.78, 5) is 34.9. The Morgan fingerprint density at radius 3 is 2.46 bits per heavy atom. The molecule has 148 valence electrons. The number of nitrogens with zero attached hydrogens (tertiary/aromatic N) is 1. The van der Waals surface area contributed by atoms with Gasteiger partial charge in [0.1, 0.15) is 5.75 Å². The van der Waals surface area contributed by atoms with E-state index in [0.717, 1.165) is 0 Å². The summed E-state index contributed by atoms with van der Waals surface area (Å²) in [5.41, 5.74) is 0.592. The summed E-state index contributed by atoms with van der Waals surface area (Å²) in [6.07, 6.45) is -0.883. The van der Waals surface area contributed by atoms with Crippen molar-refractivity contribution in [3.63, 3.8) is 0 Å². The van der Waals surface area contributed by atoms with Crippen LogP contribution in [0.2, 0.25) is 0 Å². The zero-order chi connectivity index (χ0) is 20.5. The first-order valence-corrected chi connectivity index (χ1v) is 8.50. The van der Waals surface area contributed by atoms with E-state index in [-0.39, 0.29) is 11.6 Å². The number of hydrogen-bond acceptors (Lipinski definition) is 6. The van der Waals surface area contributed by atoms with E-state index in [2.05, 4.69) is 10.6 Å². The van der Waals surface area contributed by atoms with E-state index in [1.165, 1.54) is 38.3 Å². The minimum Gasteiger partial charge on any atom is -0.481 e. The fourth-order valence-electron chi connectivity index (χ4n) is 2.29. The number of nitro benzene ring substituents is 1. The predicted octanol–water partition coefficient (Wildman–Crippen LogP) is 2.38. The first kappa shape index (κ1) is 20.8. The van der Waals surface area contributed by atoms with Gasteiger partial charge in [-0.25, -0.2) is 0 Å². The molecule has 9 heteroatoms. The lowest BCUT2D eigenvalue weighted by atomic mass is 10.1. The van der Waals surface area contributed by atoms with Crippen LogP contribution in [0, 0.1) is 10.1 Å². The van der Waals surface area contributed by atoms with Crippen molar-refractivity contribution in [1.82, 2.24) is 5.32 Å². The second-order valence-electron chi connectivity index (χ2n) is 5.79. The number of nitro groups is 1. The zero-order valence-corrected chi connectivity index (χ0v) is 15.5. The van der Waals surface area contributed by atoms with Gasteiger partial charge in [0.15, 0.2) is 6.10 Å². The third-order valence-corrected chi connectivity index (χ3v) is 3.75. The number of amides is 2. The normalized spacial score (nSPS) is 11.4. The molecule has 0 aromatic heterocycles. The van der Waals surface area contributed by atoms with Crippen molar-refractivity contribution in [3.8, 4) is 5.75 Å². The molecule has 28 heavy (non-hydrogen) atoms. The van der Waals surface area contributed by atoms with E-state index < -0.39 is 16.9 Å². The topological polar surface area (TPSA) is 120 Å². The van der Waals surface area contributed by atoms with Crippen molar-refractivity contribution in [1.29, 1.82) is 0 Å². The summed E-state index contributed by atoms with van der Waals surface area (Å²) in [5, 5.41) is 16.0. The summed E-state index contributed by atoms with van der Waals surface area (Å²) in [7, 11) is 1.53. The maximum atomic E-state index is 12.4. The van der Waals surface area contributed by atoms with Crippen LogP contribution >= 0.6 is 0 Å². The zero-order valence-electron chi connectivity index (χ0n) is 15.5. The third kappa shape index (κ3) is 5.78. The fraction of sp³-hybridized carbons (Fsp3) is 0.263. The molecule has 0 aliphatic carbocycles. The Morgan fingerprint density at radius 1 is 1.14 bits per heavy atom. The van der Waals surface area contributed by atoms with Gasteiger partial charge in [-0.1, -0.05) is 12.1 Å². The lowest BCUT2D eigenvalue weighted by Gasteiger charge is -2.16. The van der Waals surface area contributed by atoms with E-state index >= 15 is 0 Å². The van der Waals surface area contributed by atoms with Crippen LogP contribution in [-0.4, -0.2) is 43.1 Å². The summed E-state index contributed by atoms with van der Waals surface area (Å²) < 4.78 is 10.4. The van der Waals surface area contributed by atoms with Crippen LogP contribution in [0.5, 0.6) is 5.75 Å². The standard InChI is InChI=1S/C19H21N3O6/c1-13(28-15-9-7-14(8-10-15)22(25)26)18(23)21-17-6-4-3-5-16(17)19(24)20-11-12-27-2/h3-10,13H,11-12H2,1-2H3,(H,20,24)(H,21,23). The van der Waals surface area contributed by atoms with Gasteiger partial charge in [-0.3, -0.25) is 19.7 Å². The number of para-hydroxylation sites is 1. The molecule has 2 N–H and O–H groups in total. The predicted molar refractivity (Wildman–Crippen MR) is 102 cm³/mol. The Hall–Kier alpha value is -3.46. The van der Waals surface area contributed by atoms with Crippen LogP contribution in [0.4, 0.5) is 11.4 Å². The van der Waals surface area contributed by atoms with Crippen LogP contribution in [-0.2, 0) is 9.53 Å². The van der Waals surface area contributed by atoms with Crippen molar-refractivity contribution >= 4 is 23.2 Å². The Bertz CT molecular complexity index is 838. The maximum Gasteiger partial charge on any atom is 0.269 e. The van der Waals surface area contributed by atoms with Crippen LogP contribution < -0.4 is 15.4 Å². The van der Waals surface area contributed by atoms with Crippen molar-refractivity contribution in [2.75, 3.05) is 25.6 Å². The van der Waals surface area contributed by atoms with Crippen molar-refractivity contribution in [2.24, 2.45) is 0 Å². The lowest BCUT2D eigenvalue weighted by Crippen LogP contribution is -2.32. The Morgan fingerprint density at radius 2 is 1.82 bits per heavy atom. The molecule has 0 fully saturated rings. The number of carbonyl (C=O) groups is 2. The molecule has 0 saturated carbocycles. The molecule has 0 heterocycles. The molecular formula is C19H21N3O6. The van der Waals surface area contributed by atoms with Crippen LogP contribution in [0.15, 0.2) is 48.5 Å². The van der Waals surface area contributed by atoms with Gasteiger partial charge < -0.3 is 20.1 Å². The molecule has 2 aromatic carbocycles. The maximum absolute atomic E-state index is 12.4. The molecule has 0 bridgehead atoms. The van der Waals surface area contributed by atoms with Gasteiger partial charge in [-0.15, -0.1) is 0 Å². The van der Waals surface area contributed by atoms with Crippen LogP contribution in [0.1, 0.15) is 17.3 Å². The first-order chi connectivity index (χ1) is 13.4. The molecule has 2 amide bonds. The number of ether oxygens (including phenoxy) is 2. The van der Waals surface area contributed by atoms with Gasteiger partial charge in [-0.2, -0.15) is 0 Å². The molecule has 9 nitrogen and oxygen atoms in total. The number of anilines is 1. The fourth-order valence-corrected chi connectivity index (χ4v) is 2.29. The molecule has 2 aromatic rings. The van der Waals surface area contributed by atoms with Crippen LogP contribution in [0.25, 0.3) is 0 Å². The quantitative estimate of drug-likeness (QED) is 0.387. The third-order valence-electron chi connectivity index (χ3n) is 3.75. The highest BCUT2D eigenvalue weighted by atomic mass is 16.6. The molecule has 0 spiro atoms. The van der Waals surface area contributed by atoms with Gasteiger partial charge in [0.25, 0.3) is 17.5 Å². The van der Waals surface area contributed by atoms with Gasteiger partial charge in [-0.05, 0) is 31.2 Å². The number of benzene rings is 2. The van der Waals surface area contributed by atoms with Crippen molar-refractivity contribution in [2.45, 2.75) is 13.0 Å². The van der Waals surface area contributed by atoms with E-state index in [0.29, 0.717) is 30.2 Å². The highest BCUT2D eigenvalue weighted by molar-refractivity contribution is 6.04. The first-order valence-electron chi connectivity index (χ1n) is 8.50. The number of nitrogens with one attached hydrogen (secondary N) is 2. The van der Waals surface area contributed by atoms with E-state index in [9.17, 15) is 19.7 Å². The average molecular weight is 387 g/mol. The summed E-state index contributed by atoms with van der Waals surface area (Å²) in [6.45, 7) is 2.26. The van der Waals surface area contributed by atoms with Gasteiger partial charge >= 0.3 is 0 Å². The molecule has 0 aliphatic rings. The van der Waals surface area contributed by atoms with Crippen molar-refractivity contribution < 1.29 is 24.0 Å². The monoisotopic (exact) mass is 387 g/mol. The summed E-state index contributed by atoms with van der Waals surface area (Å²) in [5.74, 6) is -0.480. The molecule has 0 saturated heterocycles. The number of carbonyl (C=O) groups excluding carboxylic acids is 2. The summed E-state index contributed by atoms with van der Waals surface area (Å²) in [6, 6.07) is 12.0. The van der Waals surface area contributed by atoms with Gasteiger partial charge in [0, 0.05) is 25.8 Å². The SMILES string of the molecule is COCCNC(=O)c1ccccc1NC(=O)C(C)Oc1ccc([N+](=O)[O-])cc1. The molecule has 1 unspecified atom stereocenters. The average Bonchev–Trinajstić information content (AvgIpc) is 2.68. The highest BCUT2D eigenvalue weighted by Crippen LogP contribution is 2.20. The second kappa shape index (κ2) is 10.0. The second-order valence-corrected chi connectivity index (χ2v) is 5.79. The highest BCUT2D eigenvalue weighted by Gasteiger charge is 2.18. The Balaban J connectivity index is 2.01. The number of methoxy groups -OCH3 is 1. The Kier molecular flexibility index (Phi) is 7.46. The largest absolute Gasteiger partial charge is 0.481 e. The smallest absolute Gasteiger partial charge is 0.269 e. The minimum absolute atomic E-state index is 0.0714. The molecule has 1 atom stereocenters. The van der Waals surface area contributed by atoms with E-state index in [1.807, 2.05) is 0 Å².